The molecule has 3 rings (SSSR count). The maximum absolute atomic E-state index is 14.0. The molecule has 0 aliphatic carbocycles. The molecule has 0 radical (unpaired) electrons. The predicted molar refractivity (Wildman–Crippen MR) is 121 cm³/mol. The van der Waals surface area contributed by atoms with Crippen LogP contribution in [0.15, 0.2) is 65.1 Å². The summed E-state index contributed by atoms with van der Waals surface area (Å²) >= 11 is 6.07. The predicted octanol–water partition coefficient (Wildman–Crippen LogP) is 4.41. The summed E-state index contributed by atoms with van der Waals surface area (Å²) in [4.78, 5) is 17.9. The van der Waals surface area contributed by atoms with Crippen LogP contribution in [0.3, 0.4) is 0 Å². The Morgan fingerprint density at radius 1 is 1.10 bits per heavy atom. The Balaban J connectivity index is 2.26. The molecule has 0 spiro atoms. The lowest BCUT2D eigenvalue weighted by molar-refractivity contribution is -0.127. The summed E-state index contributed by atoms with van der Waals surface area (Å²) in [6, 6.07) is 12.3. The SMILES string of the molecule is CONC(=O)C1=CC(C(C)(C)C)N(S(=O)(=O)c2ccccc2C)[C@H]1c1ccc(Cl)cc1. The number of hydrogen-bond donors (Lipinski definition) is 1. The molecule has 1 aliphatic heterocycles. The minimum absolute atomic E-state index is 0.213. The van der Waals surface area contributed by atoms with Crippen molar-refractivity contribution in [3.05, 3.63) is 76.3 Å². The highest BCUT2D eigenvalue weighted by Gasteiger charge is 2.49. The quantitative estimate of drug-likeness (QED) is 0.667. The summed E-state index contributed by atoms with van der Waals surface area (Å²) in [5.74, 6) is -0.487. The average Bonchev–Trinajstić information content (AvgIpc) is 3.11. The van der Waals surface area contributed by atoms with E-state index in [2.05, 4.69) is 5.48 Å². The van der Waals surface area contributed by atoms with Gasteiger partial charge in [0, 0.05) is 16.6 Å². The number of aryl methyl sites for hydroxylation is 1. The normalized spacial score (nSPS) is 19.9. The highest BCUT2D eigenvalue weighted by Crippen LogP contribution is 2.46. The molecule has 2 aromatic carbocycles. The first kappa shape index (κ1) is 23.5. The summed E-state index contributed by atoms with van der Waals surface area (Å²) in [6.45, 7) is 7.61. The van der Waals surface area contributed by atoms with E-state index in [0.717, 1.165) is 0 Å². The molecule has 1 heterocycles. The molecular formula is C23H27ClN2O4S. The fourth-order valence-corrected chi connectivity index (χ4v) is 6.10. The van der Waals surface area contributed by atoms with Crippen LogP contribution in [-0.2, 0) is 19.7 Å². The first-order chi connectivity index (χ1) is 14.5. The molecule has 0 saturated heterocycles. The van der Waals surface area contributed by atoms with Gasteiger partial charge in [0.15, 0.2) is 0 Å². The van der Waals surface area contributed by atoms with Gasteiger partial charge in [-0.05, 0) is 41.7 Å². The van der Waals surface area contributed by atoms with E-state index in [9.17, 15) is 13.2 Å². The van der Waals surface area contributed by atoms with E-state index in [4.69, 9.17) is 16.4 Å². The number of benzene rings is 2. The lowest BCUT2D eigenvalue weighted by Gasteiger charge is -2.37. The second-order valence-corrected chi connectivity index (χ2v) is 10.9. The van der Waals surface area contributed by atoms with Gasteiger partial charge in [-0.25, -0.2) is 13.9 Å². The van der Waals surface area contributed by atoms with E-state index < -0.39 is 33.4 Å². The number of sulfonamides is 1. The molecule has 6 nitrogen and oxygen atoms in total. The summed E-state index contributed by atoms with van der Waals surface area (Å²) in [7, 11) is -2.62. The number of carbonyl (C=O) groups excluding carboxylic acids is 1. The van der Waals surface area contributed by atoms with Gasteiger partial charge in [-0.3, -0.25) is 9.63 Å². The molecule has 0 fully saturated rings. The summed E-state index contributed by atoms with van der Waals surface area (Å²) in [5.41, 5.74) is 3.45. The van der Waals surface area contributed by atoms with Gasteiger partial charge in [-0.2, -0.15) is 4.31 Å². The van der Waals surface area contributed by atoms with Crippen molar-refractivity contribution in [2.45, 2.75) is 44.7 Å². The smallest absolute Gasteiger partial charge is 0.272 e. The fraction of sp³-hybridized carbons (Fsp3) is 0.348. The van der Waals surface area contributed by atoms with Crippen LogP contribution in [-0.4, -0.2) is 31.8 Å². The third-order valence-corrected chi connectivity index (χ3v) is 7.60. The third kappa shape index (κ3) is 4.55. The number of hydrogen-bond acceptors (Lipinski definition) is 4. The molecule has 0 aromatic heterocycles. The van der Waals surface area contributed by atoms with Gasteiger partial charge < -0.3 is 0 Å². The zero-order valence-corrected chi connectivity index (χ0v) is 19.8. The number of nitrogens with zero attached hydrogens (tertiary/aromatic N) is 1. The minimum Gasteiger partial charge on any atom is -0.277 e. The van der Waals surface area contributed by atoms with Crippen LogP contribution >= 0.6 is 11.6 Å². The maximum atomic E-state index is 14.0. The number of amides is 1. The molecular weight excluding hydrogens is 436 g/mol. The molecule has 0 bridgehead atoms. The highest BCUT2D eigenvalue weighted by atomic mass is 35.5. The number of hydroxylamine groups is 1. The Hall–Kier alpha value is -2.19. The van der Waals surface area contributed by atoms with Crippen molar-refractivity contribution < 1.29 is 18.0 Å². The van der Waals surface area contributed by atoms with Crippen molar-refractivity contribution in [1.82, 2.24) is 9.79 Å². The minimum atomic E-state index is -3.96. The van der Waals surface area contributed by atoms with E-state index in [1.807, 2.05) is 20.8 Å². The molecule has 1 N–H and O–H groups in total. The van der Waals surface area contributed by atoms with Crippen LogP contribution in [0.5, 0.6) is 0 Å². The Bertz CT molecular complexity index is 1110. The molecule has 0 saturated carbocycles. The Morgan fingerprint density at radius 3 is 2.26 bits per heavy atom. The van der Waals surface area contributed by atoms with Crippen molar-refractivity contribution in [2.24, 2.45) is 5.41 Å². The van der Waals surface area contributed by atoms with Gasteiger partial charge in [0.05, 0.1) is 18.0 Å². The second kappa shape index (κ2) is 8.74. The van der Waals surface area contributed by atoms with Crippen molar-refractivity contribution in [1.29, 1.82) is 0 Å². The van der Waals surface area contributed by atoms with Gasteiger partial charge in [-0.15, -0.1) is 0 Å². The zero-order chi connectivity index (χ0) is 23.0. The number of nitrogens with one attached hydrogen (secondary N) is 1. The van der Waals surface area contributed by atoms with Crippen molar-refractivity contribution in [3.63, 3.8) is 0 Å². The number of carbonyl (C=O) groups is 1. The monoisotopic (exact) mass is 462 g/mol. The lowest BCUT2D eigenvalue weighted by Crippen LogP contribution is -2.45. The maximum Gasteiger partial charge on any atom is 0.272 e. The largest absolute Gasteiger partial charge is 0.277 e. The molecule has 8 heteroatoms. The summed E-state index contributed by atoms with van der Waals surface area (Å²) < 4.78 is 29.4. The number of rotatable bonds is 5. The van der Waals surface area contributed by atoms with E-state index >= 15 is 0 Å². The lowest BCUT2D eigenvalue weighted by atomic mass is 9.87. The van der Waals surface area contributed by atoms with E-state index in [0.29, 0.717) is 21.7 Å². The van der Waals surface area contributed by atoms with Crippen LogP contribution < -0.4 is 5.48 Å². The van der Waals surface area contributed by atoms with E-state index in [1.54, 1.807) is 61.5 Å². The van der Waals surface area contributed by atoms with Gasteiger partial charge >= 0.3 is 0 Å². The number of halogens is 1. The average molecular weight is 463 g/mol. The van der Waals surface area contributed by atoms with Crippen LogP contribution in [0.4, 0.5) is 0 Å². The molecule has 1 aliphatic rings. The van der Waals surface area contributed by atoms with E-state index in [-0.39, 0.29) is 4.90 Å². The molecule has 2 atom stereocenters. The van der Waals surface area contributed by atoms with Crippen LogP contribution in [0.2, 0.25) is 5.02 Å². The van der Waals surface area contributed by atoms with Crippen molar-refractivity contribution in [3.8, 4) is 0 Å². The van der Waals surface area contributed by atoms with Gasteiger partial charge in [0.25, 0.3) is 5.91 Å². The zero-order valence-electron chi connectivity index (χ0n) is 18.2. The molecule has 166 valence electrons. The van der Waals surface area contributed by atoms with Crippen molar-refractivity contribution in [2.75, 3.05) is 7.11 Å². The molecule has 1 unspecified atom stereocenters. The Kier molecular flexibility index (Phi) is 6.62. The van der Waals surface area contributed by atoms with Gasteiger partial charge in [-0.1, -0.05) is 68.8 Å². The van der Waals surface area contributed by atoms with Crippen LogP contribution in [0, 0.1) is 12.3 Å². The van der Waals surface area contributed by atoms with Gasteiger partial charge in [0.1, 0.15) is 0 Å². The first-order valence-corrected chi connectivity index (χ1v) is 11.7. The second-order valence-electron chi connectivity index (χ2n) is 8.62. The molecule has 2 aromatic rings. The first-order valence-electron chi connectivity index (χ1n) is 9.88. The topological polar surface area (TPSA) is 75.7 Å². The third-order valence-electron chi connectivity index (χ3n) is 5.34. The Morgan fingerprint density at radius 2 is 1.71 bits per heavy atom. The standard InChI is InChI=1S/C23H27ClN2O4S/c1-15-8-6-7-9-19(15)31(28,29)26-20(23(2,3)4)14-18(22(27)25-30-5)21(26)16-10-12-17(24)13-11-16/h6-14,20-21H,1-5H3,(H,25,27)/t20?,21-/m0/s1. The highest BCUT2D eigenvalue weighted by molar-refractivity contribution is 7.89. The fourth-order valence-electron chi connectivity index (χ4n) is 3.83. The van der Waals surface area contributed by atoms with Gasteiger partial charge in [0.2, 0.25) is 10.0 Å². The molecule has 31 heavy (non-hydrogen) atoms. The van der Waals surface area contributed by atoms with Crippen LogP contribution in [0.25, 0.3) is 0 Å². The van der Waals surface area contributed by atoms with E-state index in [1.165, 1.54) is 11.4 Å². The summed E-state index contributed by atoms with van der Waals surface area (Å²) in [6.07, 6.45) is 1.73. The van der Waals surface area contributed by atoms with Crippen molar-refractivity contribution >= 4 is 27.5 Å². The molecule has 1 amide bonds. The summed E-state index contributed by atoms with van der Waals surface area (Å²) in [5, 5.41) is 0.523. The Labute approximate surface area is 188 Å². The van der Waals surface area contributed by atoms with Crippen LogP contribution in [0.1, 0.15) is 37.9 Å².